The molecule has 32 heavy (non-hydrogen) atoms. The summed E-state index contributed by atoms with van der Waals surface area (Å²) < 4.78 is 36.9. The van der Waals surface area contributed by atoms with Gasteiger partial charge in [0.1, 0.15) is 11.5 Å². The topological polar surface area (TPSA) is 68.7 Å². The van der Waals surface area contributed by atoms with Crippen molar-refractivity contribution < 1.29 is 17.9 Å². The van der Waals surface area contributed by atoms with E-state index in [1.54, 1.807) is 20.3 Å². The molecule has 2 aromatic carbocycles. The van der Waals surface area contributed by atoms with Gasteiger partial charge in [-0.25, -0.2) is 13.4 Å². The lowest BCUT2D eigenvalue weighted by Crippen LogP contribution is -2.39. The number of sulfone groups is 1. The molecule has 6 nitrogen and oxygen atoms in total. The molecule has 0 radical (unpaired) electrons. The molecule has 1 fully saturated rings. The summed E-state index contributed by atoms with van der Waals surface area (Å²) in [4.78, 5) is 7.04. The quantitative estimate of drug-likeness (QED) is 0.429. The number of methoxy groups -OCH3 is 2. The number of nitrogens with zero attached hydrogens (tertiary/aromatic N) is 2. The van der Waals surface area contributed by atoms with Crippen molar-refractivity contribution in [1.29, 1.82) is 0 Å². The molecular formula is C22H22Cl2N2O4S2. The zero-order chi connectivity index (χ0) is 22.9. The fourth-order valence-corrected chi connectivity index (χ4v) is 7.14. The van der Waals surface area contributed by atoms with Crippen LogP contribution >= 0.6 is 34.5 Å². The second-order valence-electron chi connectivity index (χ2n) is 7.42. The zero-order valence-corrected chi connectivity index (χ0v) is 20.7. The van der Waals surface area contributed by atoms with Crippen LogP contribution in [0.15, 0.2) is 46.7 Å². The standard InChI is InChI=1S/C22H22Cl2N2O4S2/c1-29-16-9-14(10-17(12-16)30-2)20-13-31-22(25-20)26-7-5-18(6-8-26)32(27,28)21-4-3-15(23)11-19(21)24/h3-4,9-13,18H,5-8H2,1-2H3. The summed E-state index contributed by atoms with van der Waals surface area (Å²) in [7, 11) is -0.307. The highest BCUT2D eigenvalue weighted by molar-refractivity contribution is 7.92. The molecule has 1 aliphatic heterocycles. The van der Waals surface area contributed by atoms with Crippen LogP contribution in [0, 0.1) is 0 Å². The molecule has 0 bridgehead atoms. The normalized spacial score (nSPS) is 15.1. The van der Waals surface area contributed by atoms with Crippen molar-refractivity contribution in [3.05, 3.63) is 51.8 Å². The Balaban J connectivity index is 1.48. The van der Waals surface area contributed by atoms with E-state index in [0.717, 1.165) is 16.4 Å². The van der Waals surface area contributed by atoms with Crippen LogP contribution in [0.3, 0.4) is 0 Å². The van der Waals surface area contributed by atoms with Crippen molar-refractivity contribution in [2.45, 2.75) is 23.0 Å². The van der Waals surface area contributed by atoms with Crippen molar-refractivity contribution in [2.75, 3.05) is 32.2 Å². The van der Waals surface area contributed by atoms with Gasteiger partial charge in [-0.3, -0.25) is 0 Å². The smallest absolute Gasteiger partial charge is 0.185 e. The maximum absolute atomic E-state index is 13.1. The largest absolute Gasteiger partial charge is 0.497 e. The monoisotopic (exact) mass is 512 g/mol. The van der Waals surface area contributed by atoms with Gasteiger partial charge >= 0.3 is 0 Å². The molecule has 0 unspecified atom stereocenters. The number of rotatable bonds is 6. The van der Waals surface area contributed by atoms with Crippen LogP contribution in [-0.2, 0) is 9.84 Å². The minimum absolute atomic E-state index is 0.144. The number of hydrogen-bond acceptors (Lipinski definition) is 7. The SMILES string of the molecule is COc1cc(OC)cc(-c2csc(N3CCC(S(=O)(=O)c4ccc(Cl)cc4Cl)CC3)n2)c1. The van der Waals surface area contributed by atoms with E-state index in [9.17, 15) is 8.42 Å². The van der Waals surface area contributed by atoms with Gasteiger partial charge in [-0.05, 0) is 43.2 Å². The maximum Gasteiger partial charge on any atom is 0.185 e. The van der Waals surface area contributed by atoms with Gasteiger partial charge in [0.15, 0.2) is 15.0 Å². The lowest BCUT2D eigenvalue weighted by Gasteiger charge is -2.31. The summed E-state index contributed by atoms with van der Waals surface area (Å²) in [5.74, 6) is 1.39. The highest BCUT2D eigenvalue weighted by atomic mass is 35.5. The third kappa shape index (κ3) is 4.69. The van der Waals surface area contributed by atoms with Crippen LogP contribution in [-0.4, -0.2) is 46.0 Å². The van der Waals surface area contributed by atoms with Gasteiger partial charge in [0.05, 0.1) is 35.1 Å². The Morgan fingerprint density at radius 3 is 2.28 bits per heavy atom. The van der Waals surface area contributed by atoms with E-state index < -0.39 is 15.1 Å². The maximum atomic E-state index is 13.1. The second-order valence-corrected chi connectivity index (χ2v) is 11.3. The third-order valence-corrected chi connectivity index (χ3v) is 9.37. The molecule has 170 valence electrons. The van der Waals surface area contributed by atoms with Crippen molar-refractivity contribution in [2.24, 2.45) is 0 Å². The highest BCUT2D eigenvalue weighted by Crippen LogP contribution is 2.35. The number of anilines is 1. The summed E-state index contributed by atoms with van der Waals surface area (Å²) in [6, 6.07) is 10.2. The van der Waals surface area contributed by atoms with Crippen LogP contribution in [0.1, 0.15) is 12.8 Å². The fourth-order valence-electron chi connectivity index (χ4n) is 3.74. The number of hydrogen-bond donors (Lipinski definition) is 0. The number of benzene rings is 2. The first kappa shape index (κ1) is 23.2. The van der Waals surface area contributed by atoms with E-state index in [1.807, 2.05) is 23.6 Å². The number of aromatic nitrogens is 1. The van der Waals surface area contributed by atoms with Gasteiger partial charge in [-0.2, -0.15) is 0 Å². The van der Waals surface area contributed by atoms with E-state index in [2.05, 4.69) is 4.90 Å². The van der Waals surface area contributed by atoms with E-state index in [0.29, 0.717) is 42.5 Å². The second kappa shape index (κ2) is 9.47. The van der Waals surface area contributed by atoms with Crippen molar-refractivity contribution >= 4 is 49.5 Å². The number of piperidine rings is 1. The van der Waals surface area contributed by atoms with Crippen LogP contribution in [0.5, 0.6) is 11.5 Å². The van der Waals surface area contributed by atoms with Crippen LogP contribution in [0.25, 0.3) is 11.3 Å². The first-order valence-corrected chi connectivity index (χ1v) is 13.1. The lowest BCUT2D eigenvalue weighted by atomic mass is 10.1. The first-order chi connectivity index (χ1) is 15.3. The average Bonchev–Trinajstić information content (AvgIpc) is 3.29. The summed E-state index contributed by atoms with van der Waals surface area (Å²) >= 11 is 13.6. The molecule has 1 saturated heterocycles. The van der Waals surface area contributed by atoms with Crippen molar-refractivity contribution in [3.8, 4) is 22.8 Å². The third-order valence-electron chi connectivity index (χ3n) is 5.49. The number of ether oxygens (including phenoxy) is 2. The molecule has 0 N–H and O–H groups in total. The van der Waals surface area contributed by atoms with E-state index >= 15 is 0 Å². The van der Waals surface area contributed by atoms with Gasteiger partial charge in [-0.1, -0.05) is 23.2 Å². The molecule has 10 heteroatoms. The Bertz CT molecular complexity index is 1200. The highest BCUT2D eigenvalue weighted by Gasteiger charge is 2.33. The van der Waals surface area contributed by atoms with E-state index in [4.69, 9.17) is 37.7 Å². The Morgan fingerprint density at radius 2 is 1.69 bits per heavy atom. The van der Waals surface area contributed by atoms with Crippen molar-refractivity contribution in [3.63, 3.8) is 0 Å². The van der Waals surface area contributed by atoms with Gasteiger partial charge in [0.2, 0.25) is 0 Å². The number of halogens is 2. The molecule has 1 aliphatic rings. The predicted molar refractivity (Wildman–Crippen MR) is 130 cm³/mol. The molecule has 4 rings (SSSR count). The fraction of sp³-hybridized carbons (Fsp3) is 0.318. The average molecular weight is 513 g/mol. The molecule has 1 aromatic heterocycles. The summed E-state index contributed by atoms with van der Waals surface area (Å²) in [6.45, 7) is 1.20. The number of thiazole rings is 1. The first-order valence-electron chi connectivity index (χ1n) is 9.94. The Hall–Kier alpha value is -2.00. The van der Waals surface area contributed by atoms with Crippen LogP contribution < -0.4 is 14.4 Å². The summed E-state index contributed by atoms with van der Waals surface area (Å²) in [5.41, 5.74) is 1.73. The molecule has 0 atom stereocenters. The molecule has 2 heterocycles. The van der Waals surface area contributed by atoms with Gasteiger partial charge in [0.25, 0.3) is 0 Å². The van der Waals surface area contributed by atoms with E-state index in [1.165, 1.54) is 23.5 Å². The molecule has 0 aliphatic carbocycles. The Labute approximate surface area is 201 Å². The van der Waals surface area contributed by atoms with Gasteiger partial charge < -0.3 is 14.4 Å². The van der Waals surface area contributed by atoms with Crippen molar-refractivity contribution in [1.82, 2.24) is 4.98 Å². The zero-order valence-electron chi connectivity index (χ0n) is 17.5. The molecular weight excluding hydrogens is 491 g/mol. The minimum Gasteiger partial charge on any atom is -0.497 e. The van der Waals surface area contributed by atoms with Gasteiger partial charge in [0, 0.05) is 35.1 Å². The Morgan fingerprint density at radius 1 is 1.03 bits per heavy atom. The van der Waals surface area contributed by atoms with Crippen LogP contribution in [0.4, 0.5) is 5.13 Å². The van der Waals surface area contributed by atoms with Crippen LogP contribution in [0.2, 0.25) is 10.0 Å². The molecule has 0 spiro atoms. The predicted octanol–water partition coefficient (Wildman–Crippen LogP) is 5.58. The summed E-state index contributed by atoms with van der Waals surface area (Å²) in [6.07, 6.45) is 1.01. The Kier molecular flexibility index (Phi) is 6.86. The van der Waals surface area contributed by atoms with E-state index in [-0.39, 0.29) is 9.92 Å². The molecule has 0 saturated carbocycles. The minimum atomic E-state index is -3.53. The summed E-state index contributed by atoms with van der Waals surface area (Å²) in [5, 5.41) is 2.94. The van der Waals surface area contributed by atoms with Gasteiger partial charge in [-0.15, -0.1) is 11.3 Å². The molecule has 3 aromatic rings. The molecule has 0 amide bonds. The lowest BCUT2D eigenvalue weighted by molar-refractivity contribution is 0.394.